The molecule has 6 nitrogen and oxygen atoms in total. The van der Waals surface area contributed by atoms with Gasteiger partial charge in [-0.2, -0.15) is 0 Å². The van der Waals surface area contributed by atoms with Gasteiger partial charge in [0.1, 0.15) is 11.6 Å². The van der Waals surface area contributed by atoms with Crippen molar-refractivity contribution in [1.82, 2.24) is 14.8 Å². The molecule has 1 amide bonds. The first-order valence-corrected chi connectivity index (χ1v) is 11.6. The summed E-state index contributed by atoms with van der Waals surface area (Å²) in [4.78, 5) is 12.5. The third-order valence-electron chi connectivity index (χ3n) is 5.15. The van der Waals surface area contributed by atoms with Crippen molar-refractivity contribution in [2.45, 2.75) is 10.9 Å². The zero-order valence-electron chi connectivity index (χ0n) is 18.2. The first-order valence-electron chi connectivity index (χ1n) is 10.6. The van der Waals surface area contributed by atoms with Crippen LogP contribution in [0.15, 0.2) is 101 Å². The van der Waals surface area contributed by atoms with Gasteiger partial charge >= 0.3 is 0 Å². The van der Waals surface area contributed by atoms with Crippen molar-refractivity contribution >= 4 is 23.4 Å². The van der Waals surface area contributed by atoms with Gasteiger partial charge in [-0.25, -0.2) is 8.78 Å². The van der Waals surface area contributed by atoms with Gasteiger partial charge in [-0.3, -0.25) is 9.36 Å². The van der Waals surface area contributed by atoms with Gasteiger partial charge in [-0.15, -0.1) is 10.2 Å². The smallest absolute Gasteiger partial charge is 0.255 e. The number of halogens is 2. The SMILES string of the molecule is O=C(Nc1ccc(F)cc1)c1ccc(CSc2nnc(-c3ccco3)n2-c2ccc(F)cc2)cc1. The van der Waals surface area contributed by atoms with Crippen LogP contribution in [0.3, 0.4) is 0 Å². The van der Waals surface area contributed by atoms with Crippen molar-refractivity contribution in [3.8, 4) is 17.3 Å². The molecule has 35 heavy (non-hydrogen) atoms. The molecule has 0 aliphatic carbocycles. The van der Waals surface area contributed by atoms with Crippen molar-refractivity contribution in [3.63, 3.8) is 0 Å². The summed E-state index contributed by atoms with van der Waals surface area (Å²) in [5.74, 6) is 0.643. The molecular formula is C26H18F2N4O2S. The standard InChI is InChI=1S/C26H18F2N4O2S/c27-19-7-11-21(12-8-19)29-25(33)18-5-3-17(4-6-18)16-35-26-31-30-24(23-2-1-15-34-23)32(26)22-13-9-20(28)10-14-22/h1-15H,16H2,(H,29,33). The number of nitrogens with one attached hydrogen (secondary N) is 1. The van der Waals surface area contributed by atoms with E-state index < -0.39 is 0 Å². The second-order valence-electron chi connectivity index (χ2n) is 7.54. The Hall–Kier alpha value is -4.24. The Kier molecular flexibility index (Phi) is 6.40. The fourth-order valence-electron chi connectivity index (χ4n) is 3.39. The summed E-state index contributed by atoms with van der Waals surface area (Å²) in [7, 11) is 0. The number of carbonyl (C=O) groups excluding carboxylic acids is 1. The van der Waals surface area contributed by atoms with E-state index in [2.05, 4.69) is 15.5 Å². The van der Waals surface area contributed by atoms with E-state index in [1.165, 1.54) is 48.2 Å². The minimum absolute atomic E-state index is 0.282. The lowest BCUT2D eigenvalue weighted by Gasteiger charge is -2.10. The van der Waals surface area contributed by atoms with Gasteiger partial charge < -0.3 is 9.73 Å². The van der Waals surface area contributed by atoms with E-state index in [0.717, 1.165) is 5.56 Å². The van der Waals surface area contributed by atoms with E-state index in [9.17, 15) is 13.6 Å². The number of hydrogen-bond acceptors (Lipinski definition) is 5. The zero-order valence-corrected chi connectivity index (χ0v) is 19.0. The Bertz CT molecular complexity index is 1430. The number of amides is 1. The molecule has 9 heteroatoms. The first-order chi connectivity index (χ1) is 17.1. The molecule has 0 fully saturated rings. The van der Waals surface area contributed by atoms with Gasteiger partial charge in [-0.1, -0.05) is 23.9 Å². The number of anilines is 1. The zero-order chi connectivity index (χ0) is 24.2. The number of benzene rings is 3. The van der Waals surface area contributed by atoms with Crippen LogP contribution in [0.1, 0.15) is 15.9 Å². The fraction of sp³-hybridized carbons (Fsp3) is 0.0385. The number of carbonyl (C=O) groups is 1. The predicted molar refractivity (Wildman–Crippen MR) is 129 cm³/mol. The third-order valence-corrected chi connectivity index (χ3v) is 6.15. The van der Waals surface area contributed by atoms with Crippen molar-refractivity contribution in [3.05, 3.63) is 114 Å². The second kappa shape index (κ2) is 9.94. The molecule has 2 heterocycles. The molecule has 0 bridgehead atoms. The maximum absolute atomic E-state index is 13.5. The largest absolute Gasteiger partial charge is 0.461 e. The van der Waals surface area contributed by atoms with Crippen molar-refractivity contribution in [2.24, 2.45) is 0 Å². The van der Waals surface area contributed by atoms with E-state index in [4.69, 9.17) is 4.42 Å². The molecule has 0 saturated carbocycles. The Morgan fingerprint density at radius 1 is 0.886 bits per heavy atom. The summed E-state index contributed by atoms with van der Waals surface area (Å²) in [6, 6.07) is 22.4. The molecule has 3 aromatic carbocycles. The average Bonchev–Trinajstić information content (AvgIpc) is 3.55. The lowest BCUT2D eigenvalue weighted by molar-refractivity contribution is 0.102. The highest BCUT2D eigenvalue weighted by molar-refractivity contribution is 7.98. The molecule has 5 aromatic rings. The van der Waals surface area contributed by atoms with Gasteiger partial charge in [0.15, 0.2) is 10.9 Å². The first kappa shape index (κ1) is 22.5. The van der Waals surface area contributed by atoms with E-state index in [0.29, 0.717) is 39.4 Å². The highest BCUT2D eigenvalue weighted by Gasteiger charge is 2.18. The number of thioether (sulfide) groups is 1. The molecule has 1 N–H and O–H groups in total. The van der Waals surface area contributed by atoms with Crippen molar-refractivity contribution in [1.29, 1.82) is 0 Å². The molecule has 0 unspecified atom stereocenters. The predicted octanol–water partition coefficient (Wildman–Crippen LogP) is 6.35. The van der Waals surface area contributed by atoms with Gasteiger partial charge in [0.05, 0.1) is 12.0 Å². The molecule has 0 radical (unpaired) electrons. The van der Waals surface area contributed by atoms with Gasteiger partial charge in [-0.05, 0) is 78.4 Å². The Balaban J connectivity index is 1.32. The van der Waals surface area contributed by atoms with Crippen LogP contribution in [0.25, 0.3) is 17.3 Å². The monoisotopic (exact) mass is 488 g/mol. The summed E-state index contributed by atoms with van der Waals surface area (Å²) < 4.78 is 33.9. The van der Waals surface area contributed by atoms with Crippen LogP contribution in [0.2, 0.25) is 0 Å². The van der Waals surface area contributed by atoms with E-state index in [1.54, 1.807) is 42.7 Å². The molecule has 5 rings (SSSR count). The second-order valence-corrected chi connectivity index (χ2v) is 8.48. The normalized spacial score (nSPS) is 10.9. The number of nitrogens with zero attached hydrogens (tertiary/aromatic N) is 3. The molecule has 0 atom stereocenters. The molecular weight excluding hydrogens is 470 g/mol. The molecule has 174 valence electrons. The van der Waals surface area contributed by atoms with Crippen LogP contribution in [-0.2, 0) is 5.75 Å². The van der Waals surface area contributed by atoms with Crippen LogP contribution in [0.4, 0.5) is 14.5 Å². The number of aromatic nitrogens is 3. The molecule has 2 aromatic heterocycles. The minimum Gasteiger partial charge on any atom is -0.461 e. The van der Waals surface area contributed by atoms with Gasteiger partial charge in [0.2, 0.25) is 5.82 Å². The molecule has 0 spiro atoms. The van der Waals surface area contributed by atoms with Crippen LogP contribution in [0, 0.1) is 11.6 Å². The maximum Gasteiger partial charge on any atom is 0.255 e. The van der Waals surface area contributed by atoms with Gasteiger partial charge in [0.25, 0.3) is 5.91 Å². The van der Waals surface area contributed by atoms with E-state index in [1.807, 2.05) is 16.7 Å². The number of furan rings is 1. The Labute approximate surface area is 203 Å². The van der Waals surface area contributed by atoms with E-state index >= 15 is 0 Å². The number of hydrogen-bond donors (Lipinski definition) is 1. The van der Waals surface area contributed by atoms with Crippen LogP contribution in [0.5, 0.6) is 0 Å². The van der Waals surface area contributed by atoms with Crippen LogP contribution in [-0.4, -0.2) is 20.7 Å². The molecule has 0 aliphatic heterocycles. The fourth-order valence-corrected chi connectivity index (χ4v) is 4.30. The lowest BCUT2D eigenvalue weighted by Crippen LogP contribution is -2.11. The average molecular weight is 489 g/mol. The Morgan fingerprint density at radius 3 is 2.23 bits per heavy atom. The molecule has 0 saturated heterocycles. The summed E-state index contributed by atoms with van der Waals surface area (Å²) in [6.07, 6.45) is 1.56. The van der Waals surface area contributed by atoms with Crippen molar-refractivity contribution < 1.29 is 18.0 Å². The summed E-state index contributed by atoms with van der Waals surface area (Å²) in [5, 5.41) is 11.9. The topological polar surface area (TPSA) is 73.0 Å². The highest BCUT2D eigenvalue weighted by atomic mass is 32.2. The Morgan fingerprint density at radius 2 is 1.57 bits per heavy atom. The summed E-state index contributed by atoms with van der Waals surface area (Å²) in [6.45, 7) is 0. The number of rotatable bonds is 7. The quantitative estimate of drug-likeness (QED) is 0.270. The van der Waals surface area contributed by atoms with E-state index in [-0.39, 0.29) is 17.5 Å². The minimum atomic E-state index is -0.364. The third kappa shape index (κ3) is 5.15. The highest BCUT2D eigenvalue weighted by Crippen LogP contribution is 2.30. The van der Waals surface area contributed by atoms with Crippen LogP contribution < -0.4 is 5.32 Å². The lowest BCUT2D eigenvalue weighted by atomic mass is 10.1. The van der Waals surface area contributed by atoms with Crippen molar-refractivity contribution in [2.75, 3.05) is 5.32 Å². The van der Waals surface area contributed by atoms with Gasteiger partial charge in [0, 0.05) is 17.0 Å². The summed E-state index contributed by atoms with van der Waals surface area (Å²) in [5.41, 5.74) is 2.68. The van der Waals surface area contributed by atoms with Crippen LogP contribution >= 0.6 is 11.8 Å². The molecule has 0 aliphatic rings. The summed E-state index contributed by atoms with van der Waals surface area (Å²) >= 11 is 1.45. The maximum atomic E-state index is 13.5.